The normalized spacial score (nSPS) is 12.0. The second-order valence-corrected chi connectivity index (χ2v) is 5.76. The van der Waals surface area contributed by atoms with E-state index in [1.54, 1.807) is 6.21 Å². The molecular weight excluding hydrogens is 294 g/mol. The molecule has 1 aromatic rings. The third-order valence-electron chi connectivity index (χ3n) is 3.32. The minimum atomic E-state index is -0.504. The van der Waals surface area contributed by atoms with Gasteiger partial charge in [-0.3, -0.25) is 14.9 Å². The summed E-state index contributed by atoms with van der Waals surface area (Å²) in [4.78, 5) is 21.9. The van der Waals surface area contributed by atoms with Crippen molar-refractivity contribution in [1.29, 1.82) is 0 Å². The Balaban J connectivity index is 2.37. The fraction of sp³-hybridized carbons (Fsp3) is 0.412. The summed E-state index contributed by atoms with van der Waals surface area (Å²) in [6.07, 6.45) is 6.82. The van der Waals surface area contributed by atoms with Gasteiger partial charge < -0.3 is 0 Å². The van der Waals surface area contributed by atoms with E-state index in [0.717, 1.165) is 19.3 Å². The van der Waals surface area contributed by atoms with E-state index in [2.05, 4.69) is 37.4 Å². The molecule has 1 atom stereocenters. The van der Waals surface area contributed by atoms with Gasteiger partial charge in [-0.25, -0.2) is 5.43 Å². The first kappa shape index (κ1) is 18.5. The first-order valence-electron chi connectivity index (χ1n) is 7.60. The molecule has 0 spiro atoms. The highest BCUT2D eigenvalue weighted by molar-refractivity contribution is 5.94. The number of nitrogens with zero attached hydrogens (tertiary/aromatic N) is 2. The van der Waals surface area contributed by atoms with Crippen LogP contribution in [0.15, 0.2) is 41.0 Å². The molecule has 1 aromatic carbocycles. The lowest BCUT2D eigenvalue weighted by molar-refractivity contribution is -0.384. The van der Waals surface area contributed by atoms with Crippen LogP contribution in [-0.4, -0.2) is 17.0 Å². The minimum absolute atomic E-state index is 0.0461. The van der Waals surface area contributed by atoms with Gasteiger partial charge in [0.15, 0.2) is 0 Å². The molecule has 1 amide bonds. The molecule has 0 heterocycles. The van der Waals surface area contributed by atoms with E-state index in [1.807, 2.05) is 0 Å². The molecule has 0 saturated carbocycles. The third kappa shape index (κ3) is 7.35. The smallest absolute Gasteiger partial charge is 0.267 e. The number of nitro benzene ring substituents is 1. The van der Waals surface area contributed by atoms with Crippen LogP contribution in [0.3, 0.4) is 0 Å². The number of nitrogens with one attached hydrogen (secondary N) is 1. The van der Waals surface area contributed by atoms with Crippen LogP contribution in [0.25, 0.3) is 0 Å². The van der Waals surface area contributed by atoms with Crippen molar-refractivity contribution in [3.05, 3.63) is 51.6 Å². The predicted molar refractivity (Wildman–Crippen MR) is 91.5 cm³/mol. The predicted octanol–water partition coefficient (Wildman–Crippen LogP) is 4.08. The standard InChI is InChI=1S/C17H23N3O3/c1-13(2)5-4-6-14(3)11-12-18-19-17(21)15-7-9-16(10-8-15)20(22)23/h5,7-10,12,14H,4,6,11H2,1-3H3,(H,19,21)/b18-12-/t14-/m1/s1. The number of nitro groups is 1. The van der Waals surface area contributed by atoms with Gasteiger partial charge in [-0.15, -0.1) is 0 Å². The van der Waals surface area contributed by atoms with E-state index in [-0.39, 0.29) is 11.6 Å². The van der Waals surface area contributed by atoms with Gasteiger partial charge >= 0.3 is 0 Å². The van der Waals surface area contributed by atoms with Crippen LogP contribution in [0.1, 0.15) is 50.4 Å². The van der Waals surface area contributed by atoms with E-state index >= 15 is 0 Å². The number of hydrogen-bond donors (Lipinski definition) is 1. The first-order valence-corrected chi connectivity index (χ1v) is 7.60. The molecular formula is C17H23N3O3. The Morgan fingerprint density at radius 3 is 2.57 bits per heavy atom. The van der Waals surface area contributed by atoms with Crippen LogP contribution in [0, 0.1) is 16.0 Å². The van der Waals surface area contributed by atoms with Crippen molar-refractivity contribution in [3.8, 4) is 0 Å². The Bertz CT molecular complexity index is 588. The van der Waals surface area contributed by atoms with Crippen molar-refractivity contribution in [3.63, 3.8) is 0 Å². The maximum Gasteiger partial charge on any atom is 0.271 e. The fourth-order valence-corrected chi connectivity index (χ4v) is 1.91. The number of carbonyl (C=O) groups is 1. The van der Waals surface area contributed by atoms with Gasteiger partial charge in [-0.05, 0) is 51.2 Å². The van der Waals surface area contributed by atoms with Gasteiger partial charge in [0, 0.05) is 23.9 Å². The Morgan fingerprint density at radius 1 is 1.35 bits per heavy atom. The third-order valence-corrected chi connectivity index (χ3v) is 3.32. The van der Waals surface area contributed by atoms with Crippen LogP contribution in [-0.2, 0) is 0 Å². The summed E-state index contributed by atoms with van der Waals surface area (Å²) in [6.45, 7) is 6.31. The Hall–Kier alpha value is -2.50. The number of amides is 1. The Kier molecular flexibility index (Phi) is 7.66. The number of allylic oxidation sites excluding steroid dienone is 2. The van der Waals surface area contributed by atoms with E-state index in [1.165, 1.54) is 29.8 Å². The number of hydrazone groups is 1. The van der Waals surface area contributed by atoms with Gasteiger partial charge in [0.2, 0.25) is 0 Å². The molecule has 0 aliphatic rings. The Labute approximate surface area is 136 Å². The number of benzene rings is 1. The summed E-state index contributed by atoms with van der Waals surface area (Å²) < 4.78 is 0. The van der Waals surface area contributed by atoms with Gasteiger partial charge in [0.25, 0.3) is 11.6 Å². The zero-order valence-electron chi connectivity index (χ0n) is 13.8. The molecule has 1 N–H and O–H groups in total. The molecule has 6 heteroatoms. The lowest BCUT2D eigenvalue weighted by Crippen LogP contribution is -2.17. The van der Waals surface area contributed by atoms with Crippen molar-refractivity contribution < 1.29 is 9.72 Å². The van der Waals surface area contributed by atoms with Gasteiger partial charge in [-0.2, -0.15) is 5.10 Å². The summed E-state index contributed by atoms with van der Waals surface area (Å²) >= 11 is 0. The minimum Gasteiger partial charge on any atom is -0.267 e. The lowest BCUT2D eigenvalue weighted by Gasteiger charge is -2.06. The molecule has 1 rings (SSSR count). The molecule has 124 valence electrons. The second-order valence-electron chi connectivity index (χ2n) is 5.76. The van der Waals surface area contributed by atoms with Crippen LogP contribution in [0.4, 0.5) is 5.69 Å². The van der Waals surface area contributed by atoms with E-state index < -0.39 is 4.92 Å². The molecule has 23 heavy (non-hydrogen) atoms. The zero-order chi connectivity index (χ0) is 17.2. The van der Waals surface area contributed by atoms with Crippen LogP contribution in [0.2, 0.25) is 0 Å². The first-order chi connectivity index (χ1) is 10.9. The van der Waals surface area contributed by atoms with Crippen molar-refractivity contribution in [1.82, 2.24) is 5.43 Å². The molecule has 0 fully saturated rings. The number of non-ortho nitro benzene ring substituents is 1. The highest BCUT2D eigenvalue weighted by Crippen LogP contribution is 2.12. The molecule has 0 bridgehead atoms. The molecule has 0 aliphatic heterocycles. The average Bonchev–Trinajstić information content (AvgIpc) is 2.51. The number of rotatable bonds is 8. The Morgan fingerprint density at radius 2 is 2.00 bits per heavy atom. The lowest BCUT2D eigenvalue weighted by atomic mass is 10.0. The van der Waals surface area contributed by atoms with Crippen LogP contribution >= 0.6 is 0 Å². The van der Waals surface area contributed by atoms with E-state index in [0.29, 0.717) is 11.5 Å². The van der Waals surface area contributed by atoms with Gasteiger partial charge in [0.1, 0.15) is 0 Å². The molecule has 0 radical (unpaired) electrons. The summed E-state index contributed by atoms with van der Waals surface area (Å²) in [7, 11) is 0. The molecule has 0 aliphatic carbocycles. The fourth-order valence-electron chi connectivity index (χ4n) is 1.91. The highest BCUT2D eigenvalue weighted by atomic mass is 16.6. The maximum atomic E-state index is 11.8. The largest absolute Gasteiger partial charge is 0.271 e. The van der Waals surface area contributed by atoms with Crippen LogP contribution < -0.4 is 5.43 Å². The molecule has 0 saturated heterocycles. The van der Waals surface area contributed by atoms with Crippen molar-refractivity contribution in [2.24, 2.45) is 11.0 Å². The van der Waals surface area contributed by atoms with Crippen LogP contribution in [0.5, 0.6) is 0 Å². The van der Waals surface area contributed by atoms with Crippen molar-refractivity contribution in [2.45, 2.75) is 40.0 Å². The molecule has 6 nitrogen and oxygen atoms in total. The van der Waals surface area contributed by atoms with Gasteiger partial charge in [0.05, 0.1) is 4.92 Å². The number of carbonyl (C=O) groups excluding carboxylic acids is 1. The topological polar surface area (TPSA) is 84.6 Å². The van der Waals surface area contributed by atoms with E-state index in [4.69, 9.17) is 0 Å². The second kappa shape index (κ2) is 9.50. The summed E-state index contributed by atoms with van der Waals surface area (Å²) in [5, 5.41) is 14.5. The van der Waals surface area contributed by atoms with Crippen molar-refractivity contribution in [2.75, 3.05) is 0 Å². The summed E-state index contributed by atoms with van der Waals surface area (Å²) in [5.74, 6) is 0.110. The zero-order valence-corrected chi connectivity index (χ0v) is 13.8. The molecule has 0 aromatic heterocycles. The molecule has 0 unspecified atom stereocenters. The SMILES string of the molecule is CC(C)=CCC[C@@H](C)C/C=N\NC(=O)c1ccc([N+](=O)[O-])cc1. The van der Waals surface area contributed by atoms with Crippen molar-refractivity contribution >= 4 is 17.8 Å². The van der Waals surface area contributed by atoms with Gasteiger partial charge in [-0.1, -0.05) is 18.6 Å². The highest BCUT2D eigenvalue weighted by Gasteiger charge is 2.08. The number of hydrogen-bond acceptors (Lipinski definition) is 4. The monoisotopic (exact) mass is 317 g/mol. The summed E-state index contributed by atoms with van der Waals surface area (Å²) in [6, 6.07) is 5.41. The maximum absolute atomic E-state index is 11.8. The summed E-state index contributed by atoms with van der Waals surface area (Å²) in [5.41, 5.74) is 4.04. The van der Waals surface area contributed by atoms with E-state index in [9.17, 15) is 14.9 Å². The quantitative estimate of drug-likeness (QED) is 0.339. The average molecular weight is 317 g/mol.